The summed E-state index contributed by atoms with van der Waals surface area (Å²) < 4.78 is 55.6. The molecule has 8 heteroatoms. The maximum absolute atomic E-state index is 13.1. The van der Waals surface area contributed by atoms with E-state index in [9.17, 15) is 17.6 Å². The topological polar surface area (TPSA) is 95.7 Å². The van der Waals surface area contributed by atoms with Gasteiger partial charge >= 0.3 is 10.1 Å². The number of rotatable bonds is 5. The second kappa shape index (κ2) is 6.56. The molecule has 1 atom stereocenters. The molecule has 1 unspecified atom stereocenters. The highest BCUT2D eigenvalue weighted by atomic mass is 32.2. The molecule has 0 bridgehead atoms. The first-order valence-corrected chi connectivity index (χ1v) is 8.75. The lowest BCUT2D eigenvalue weighted by atomic mass is 10.1. The molecule has 2 N–H and O–H groups in total. The minimum atomic E-state index is -4.21. The van der Waals surface area contributed by atoms with Crippen LogP contribution in [0.15, 0.2) is 66.2 Å². The number of benzene rings is 2. The molecule has 6 nitrogen and oxygen atoms in total. The largest absolute Gasteiger partial charge is 0.460 e. The standard InChI is InChI=1S/C17H14FNO5S/c18-13-8-6-12(7-9-13)15-14(20)16(17(19)23-15)24-25(21,22)10-11-4-2-1-3-5-11/h1-9,15H,10,19H2/i15D. The zero-order chi connectivity index (χ0) is 18.9. The first kappa shape index (κ1) is 15.6. The van der Waals surface area contributed by atoms with E-state index >= 15 is 0 Å². The van der Waals surface area contributed by atoms with Gasteiger partial charge in [0.1, 0.15) is 11.6 Å². The van der Waals surface area contributed by atoms with Crippen LogP contribution in [0.2, 0.25) is 0 Å². The van der Waals surface area contributed by atoms with E-state index in [1.165, 1.54) is 12.1 Å². The molecule has 3 rings (SSSR count). The molecule has 2 aromatic carbocycles. The molecule has 0 fully saturated rings. The average molecular weight is 364 g/mol. The number of carbonyl (C=O) groups excluding carboxylic acids is 1. The van der Waals surface area contributed by atoms with Gasteiger partial charge in [-0.3, -0.25) is 4.79 Å². The van der Waals surface area contributed by atoms with Crippen molar-refractivity contribution in [1.29, 1.82) is 0 Å². The smallest absolute Gasteiger partial charge is 0.313 e. The highest BCUT2D eigenvalue weighted by Crippen LogP contribution is 2.32. The fourth-order valence-electron chi connectivity index (χ4n) is 2.22. The third kappa shape index (κ3) is 3.80. The molecule has 0 spiro atoms. The number of Topliss-reactive ketones (excluding diaryl/α,β-unsaturated/α-hetero) is 1. The molecule has 130 valence electrons. The molecule has 1 heterocycles. The van der Waals surface area contributed by atoms with E-state index in [1.807, 2.05) is 0 Å². The quantitative estimate of drug-likeness (QED) is 0.817. The van der Waals surface area contributed by atoms with Crippen LogP contribution in [0.4, 0.5) is 4.39 Å². The molecule has 0 amide bonds. The van der Waals surface area contributed by atoms with Gasteiger partial charge in [-0.05, 0) is 17.7 Å². The SMILES string of the molecule is [2H]C1(c2ccc(F)cc2)OC(N)=C(OS(=O)(=O)Cc2ccccc2)C1=O. The summed E-state index contributed by atoms with van der Waals surface area (Å²) in [5.74, 6) is -3.52. The molecule has 1 aliphatic heterocycles. The van der Waals surface area contributed by atoms with E-state index in [0.29, 0.717) is 5.56 Å². The van der Waals surface area contributed by atoms with Crippen molar-refractivity contribution in [1.82, 2.24) is 0 Å². The highest BCUT2D eigenvalue weighted by molar-refractivity contribution is 7.86. The Balaban J connectivity index is 1.83. The normalized spacial score (nSPS) is 21.0. The number of carbonyl (C=O) groups is 1. The molecule has 0 radical (unpaired) electrons. The summed E-state index contributed by atoms with van der Waals surface area (Å²) in [6, 6.07) is 12.6. The lowest BCUT2D eigenvalue weighted by molar-refractivity contribution is -0.123. The molecule has 0 saturated heterocycles. The van der Waals surface area contributed by atoms with E-state index in [0.717, 1.165) is 12.1 Å². The van der Waals surface area contributed by atoms with Gasteiger partial charge in [0.05, 0.1) is 1.37 Å². The van der Waals surface area contributed by atoms with Crippen LogP contribution in [0.5, 0.6) is 0 Å². The van der Waals surface area contributed by atoms with Crippen LogP contribution in [-0.2, 0) is 29.6 Å². The van der Waals surface area contributed by atoms with Crippen LogP contribution in [-0.4, -0.2) is 14.2 Å². The van der Waals surface area contributed by atoms with Gasteiger partial charge in [0, 0.05) is 5.56 Å². The van der Waals surface area contributed by atoms with Crippen LogP contribution in [0.3, 0.4) is 0 Å². The summed E-state index contributed by atoms with van der Waals surface area (Å²) in [5, 5.41) is 0. The van der Waals surface area contributed by atoms with E-state index in [4.69, 9.17) is 16.0 Å². The van der Waals surface area contributed by atoms with Gasteiger partial charge in [-0.15, -0.1) is 0 Å². The zero-order valence-electron chi connectivity index (χ0n) is 13.8. The van der Waals surface area contributed by atoms with Gasteiger partial charge in [0.25, 0.3) is 0 Å². The Morgan fingerprint density at radius 1 is 1.16 bits per heavy atom. The van der Waals surface area contributed by atoms with Crippen LogP contribution in [0.25, 0.3) is 0 Å². The summed E-state index contributed by atoms with van der Waals surface area (Å²) in [5.41, 5.74) is 6.01. The fourth-order valence-corrected chi connectivity index (χ4v) is 3.29. The first-order valence-electron chi connectivity index (χ1n) is 7.67. The van der Waals surface area contributed by atoms with Crippen molar-refractivity contribution in [3.8, 4) is 0 Å². The van der Waals surface area contributed by atoms with Crippen LogP contribution in [0.1, 0.15) is 18.6 Å². The van der Waals surface area contributed by atoms with Gasteiger partial charge in [0.15, 0.2) is 6.08 Å². The lowest BCUT2D eigenvalue weighted by Gasteiger charge is -2.09. The molecular formula is C17H14FNO5S. The molecule has 0 aromatic heterocycles. The van der Waals surface area contributed by atoms with Gasteiger partial charge in [0.2, 0.25) is 17.4 Å². The average Bonchev–Trinajstić information content (AvgIpc) is 2.80. The van der Waals surface area contributed by atoms with Crippen molar-refractivity contribution in [3.05, 3.63) is 83.2 Å². The first-order chi connectivity index (χ1) is 12.2. The van der Waals surface area contributed by atoms with Crippen molar-refractivity contribution in [2.24, 2.45) is 5.73 Å². The second-order valence-electron chi connectivity index (χ2n) is 5.23. The summed E-state index contributed by atoms with van der Waals surface area (Å²) >= 11 is 0. The number of ether oxygens (including phenoxy) is 1. The van der Waals surface area contributed by atoms with Gasteiger partial charge in [-0.1, -0.05) is 42.5 Å². The third-order valence-electron chi connectivity index (χ3n) is 3.35. The molecule has 0 aliphatic carbocycles. The van der Waals surface area contributed by atoms with E-state index < -0.39 is 45.2 Å². The summed E-state index contributed by atoms with van der Waals surface area (Å²) in [6.45, 7) is 0. The minimum Gasteiger partial charge on any atom is -0.460 e. The summed E-state index contributed by atoms with van der Waals surface area (Å²) in [4.78, 5) is 12.5. The van der Waals surface area contributed by atoms with E-state index in [-0.39, 0.29) is 5.56 Å². The number of ketones is 1. The highest BCUT2D eigenvalue weighted by Gasteiger charge is 2.39. The molecule has 1 aliphatic rings. The minimum absolute atomic E-state index is 0.00842. The van der Waals surface area contributed by atoms with Gasteiger partial charge in [-0.2, -0.15) is 8.42 Å². The van der Waals surface area contributed by atoms with Crippen molar-refractivity contribution < 1.29 is 27.9 Å². The Morgan fingerprint density at radius 2 is 1.80 bits per heavy atom. The molecule has 25 heavy (non-hydrogen) atoms. The summed E-state index contributed by atoms with van der Waals surface area (Å²) in [6.07, 6.45) is -2.34. The predicted molar refractivity (Wildman–Crippen MR) is 86.6 cm³/mol. The Kier molecular flexibility index (Phi) is 4.10. The van der Waals surface area contributed by atoms with Gasteiger partial charge < -0.3 is 14.7 Å². The van der Waals surface area contributed by atoms with Crippen LogP contribution < -0.4 is 5.73 Å². The Labute approximate surface area is 145 Å². The maximum Gasteiger partial charge on any atom is 0.313 e. The van der Waals surface area contributed by atoms with E-state index in [2.05, 4.69) is 0 Å². The van der Waals surface area contributed by atoms with Crippen molar-refractivity contribution in [3.63, 3.8) is 0 Å². The van der Waals surface area contributed by atoms with E-state index in [1.54, 1.807) is 30.3 Å². The second-order valence-corrected chi connectivity index (χ2v) is 6.80. The third-order valence-corrected chi connectivity index (χ3v) is 4.46. The van der Waals surface area contributed by atoms with Crippen molar-refractivity contribution in [2.75, 3.05) is 0 Å². The number of halogens is 1. The van der Waals surface area contributed by atoms with Gasteiger partial charge in [-0.25, -0.2) is 4.39 Å². The lowest BCUT2D eigenvalue weighted by Crippen LogP contribution is -2.16. The molecular weight excluding hydrogens is 349 g/mol. The zero-order valence-corrected chi connectivity index (χ0v) is 13.6. The summed E-state index contributed by atoms with van der Waals surface area (Å²) in [7, 11) is -4.21. The molecule has 2 aromatic rings. The fraction of sp³-hybridized carbons (Fsp3) is 0.118. The Hall–Kier alpha value is -2.87. The van der Waals surface area contributed by atoms with Crippen LogP contribution >= 0.6 is 0 Å². The molecule has 0 saturated carbocycles. The number of hydrogen-bond donors (Lipinski definition) is 1. The Bertz CT molecular complexity index is 976. The number of nitrogens with two attached hydrogens (primary N) is 1. The monoisotopic (exact) mass is 364 g/mol. The van der Waals surface area contributed by atoms with Crippen molar-refractivity contribution in [2.45, 2.75) is 11.8 Å². The predicted octanol–water partition coefficient (Wildman–Crippen LogP) is 2.14. The van der Waals surface area contributed by atoms with Crippen molar-refractivity contribution >= 4 is 15.9 Å². The Morgan fingerprint density at radius 3 is 2.44 bits per heavy atom. The maximum atomic E-state index is 13.1. The van der Waals surface area contributed by atoms with Crippen LogP contribution in [0, 0.1) is 5.82 Å². The number of hydrogen-bond acceptors (Lipinski definition) is 6.